The fraction of sp³-hybridized carbons (Fsp3) is 0.462. The van der Waals surface area contributed by atoms with Crippen LogP contribution in [-0.4, -0.2) is 34.6 Å². The van der Waals surface area contributed by atoms with Crippen molar-refractivity contribution in [1.82, 2.24) is 4.90 Å². The maximum Gasteiger partial charge on any atom is 0.260 e. The van der Waals surface area contributed by atoms with E-state index in [1.54, 1.807) is 0 Å². The van der Waals surface area contributed by atoms with Crippen LogP contribution in [-0.2, 0) is 0 Å². The smallest absolute Gasteiger partial charge is 0.260 e. The number of benzene rings is 1. The summed E-state index contributed by atoms with van der Waals surface area (Å²) in [7, 11) is 0. The minimum absolute atomic E-state index is 0.00739. The number of hydrogen-bond donors (Lipinski definition) is 1. The first-order valence-corrected chi connectivity index (χ1v) is 5.81. The molecule has 1 aliphatic rings. The van der Waals surface area contributed by atoms with Crippen LogP contribution in [0, 0.1) is 17.6 Å². The van der Waals surface area contributed by atoms with Crippen molar-refractivity contribution in [2.45, 2.75) is 19.4 Å². The summed E-state index contributed by atoms with van der Waals surface area (Å²) >= 11 is 0. The average Bonchev–Trinajstić information content (AvgIpc) is 2.23. The van der Waals surface area contributed by atoms with Crippen LogP contribution in [0.4, 0.5) is 8.78 Å². The second-order valence-electron chi connectivity index (χ2n) is 5.02. The molecule has 18 heavy (non-hydrogen) atoms. The minimum Gasteiger partial charge on any atom is -0.386 e. The third-order valence-electron chi connectivity index (χ3n) is 3.47. The highest BCUT2D eigenvalue weighted by atomic mass is 19.1. The number of hydrogen-bond acceptors (Lipinski definition) is 2. The third-order valence-corrected chi connectivity index (χ3v) is 3.47. The molecule has 0 aromatic heterocycles. The van der Waals surface area contributed by atoms with Crippen LogP contribution in [0.25, 0.3) is 0 Å². The van der Waals surface area contributed by atoms with E-state index in [0.717, 1.165) is 12.1 Å². The molecule has 0 unspecified atom stereocenters. The predicted molar refractivity (Wildman–Crippen MR) is 62.0 cm³/mol. The lowest BCUT2D eigenvalue weighted by Crippen LogP contribution is -2.66. The van der Waals surface area contributed by atoms with Crippen LogP contribution in [0.2, 0.25) is 0 Å². The van der Waals surface area contributed by atoms with E-state index in [9.17, 15) is 18.7 Å². The number of carbonyl (C=O) groups excluding carboxylic acids is 1. The Hall–Kier alpha value is -1.49. The van der Waals surface area contributed by atoms with Gasteiger partial charge in [0.15, 0.2) is 0 Å². The maximum atomic E-state index is 13.4. The molecule has 3 nitrogen and oxygen atoms in total. The lowest BCUT2D eigenvalue weighted by atomic mass is 9.82. The SMILES string of the molecule is CC(C)C1(O)CN(C(=O)c2c(F)cccc2F)C1. The van der Waals surface area contributed by atoms with Crippen LogP contribution in [0.15, 0.2) is 18.2 Å². The van der Waals surface area contributed by atoms with Crippen LogP contribution >= 0.6 is 0 Å². The van der Waals surface area contributed by atoms with Gasteiger partial charge in [0.2, 0.25) is 0 Å². The second-order valence-corrected chi connectivity index (χ2v) is 5.02. The van der Waals surface area contributed by atoms with Gasteiger partial charge < -0.3 is 10.0 Å². The van der Waals surface area contributed by atoms with E-state index in [4.69, 9.17) is 0 Å². The van der Waals surface area contributed by atoms with Gasteiger partial charge in [0.1, 0.15) is 22.8 Å². The number of halogens is 2. The first-order valence-electron chi connectivity index (χ1n) is 5.81. The summed E-state index contributed by atoms with van der Waals surface area (Å²) < 4.78 is 26.8. The summed E-state index contributed by atoms with van der Waals surface area (Å²) in [5.74, 6) is -2.47. The number of aliphatic hydroxyl groups is 1. The van der Waals surface area contributed by atoms with E-state index in [-0.39, 0.29) is 19.0 Å². The molecule has 0 saturated carbocycles. The van der Waals surface area contributed by atoms with Crippen molar-refractivity contribution in [3.05, 3.63) is 35.4 Å². The quantitative estimate of drug-likeness (QED) is 0.875. The normalized spacial score (nSPS) is 17.8. The molecule has 0 bridgehead atoms. The number of nitrogens with zero attached hydrogens (tertiary/aromatic N) is 1. The number of likely N-dealkylation sites (tertiary alicyclic amines) is 1. The van der Waals surface area contributed by atoms with Crippen molar-refractivity contribution >= 4 is 5.91 Å². The van der Waals surface area contributed by atoms with Crippen molar-refractivity contribution < 1.29 is 18.7 Å². The number of rotatable bonds is 2. The van der Waals surface area contributed by atoms with Gasteiger partial charge in [-0.15, -0.1) is 0 Å². The number of β-amino-alcohol motifs (C(OH)–C–C–N with tert-alkyl or cyclic N) is 1. The molecule has 1 amide bonds. The van der Waals surface area contributed by atoms with Gasteiger partial charge in [0, 0.05) is 0 Å². The number of carbonyl (C=O) groups is 1. The Morgan fingerprint density at radius 2 is 1.83 bits per heavy atom. The molecule has 1 heterocycles. The monoisotopic (exact) mass is 255 g/mol. The Kier molecular flexibility index (Phi) is 3.11. The zero-order valence-corrected chi connectivity index (χ0v) is 10.3. The van der Waals surface area contributed by atoms with Gasteiger partial charge in [-0.2, -0.15) is 0 Å². The Bertz CT molecular complexity index is 462. The molecule has 5 heteroatoms. The largest absolute Gasteiger partial charge is 0.386 e. The summed E-state index contributed by atoms with van der Waals surface area (Å²) in [4.78, 5) is 13.2. The lowest BCUT2D eigenvalue weighted by molar-refractivity contribution is -0.111. The van der Waals surface area contributed by atoms with Gasteiger partial charge in [-0.3, -0.25) is 4.79 Å². The molecular weight excluding hydrogens is 240 g/mol. The number of amides is 1. The maximum absolute atomic E-state index is 13.4. The van der Waals surface area contributed by atoms with Gasteiger partial charge in [0.25, 0.3) is 5.91 Å². The molecular formula is C13H15F2NO2. The standard InChI is InChI=1S/C13H15F2NO2/c1-8(2)13(18)6-16(7-13)12(17)11-9(14)4-3-5-10(11)15/h3-5,8,18H,6-7H2,1-2H3. The van der Waals surface area contributed by atoms with E-state index in [1.807, 2.05) is 13.8 Å². The molecule has 0 spiro atoms. The molecule has 1 aromatic carbocycles. The first-order chi connectivity index (χ1) is 8.35. The Balaban J connectivity index is 2.16. The van der Waals surface area contributed by atoms with Crippen molar-refractivity contribution in [3.8, 4) is 0 Å². The molecule has 0 atom stereocenters. The van der Waals surface area contributed by atoms with E-state index in [0.29, 0.717) is 0 Å². The van der Waals surface area contributed by atoms with Crippen molar-refractivity contribution in [2.24, 2.45) is 5.92 Å². The van der Waals surface area contributed by atoms with E-state index in [1.165, 1.54) is 11.0 Å². The van der Waals surface area contributed by atoms with Crippen LogP contribution in [0.3, 0.4) is 0 Å². The van der Waals surface area contributed by atoms with Crippen molar-refractivity contribution in [3.63, 3.8) is 0 Å². The molecule has 1 aromatic rings. The summed E-state index contributed by atoms with van der Waals surface area (Å²) in [6.45, 7) is 3.89. The molecule has 1 N–H and O–H groups in total. The summed E-state index contributed by atoms with van der Waals surface area (Å²) in [6.07, 6.45) is 0. The first kappa shape index (κ1) is 13.0. The van der Waals surface area contributed by atoms with Gasteiger partial charge >= 0.3 is 0 Å². The van der Waals surface area contributed by atoms with Crippen LogP contribution in [0.1, 0.15) is 24.2 Å². The third kappa shape index (κ3) is 1.99. The molecule has 1 fully saturated rings. The fourth-order valence-electron chi connectivity index (χ4n) is 1.98. The zero-order valence-electron chi connectivity index (χ0n) is 10.3. The highest BCUT2D eigenvalue weighted by Gasteiger charge is 2.46. The minimum atomic E-state index is -0.947. The second kappa shape index (κ2) is 4.31. The molecule has 2 rings (SSSR count). The average molecular weight is 255 g/mol. The predicted octanol–water partition coefficient (Wildman–Crippen LogP) is 1.81. The van der Waals surface area contributed by atoms with Crippen LogP contribution in [0.5, 0.6) is 0 Å². The topological polar surface area (TPSA) is 40.5 Å². The molecule has 98 valence electrons. The van der Waals surface area contributed by atoms with Crippen molar-refractivity contribution in [1.29, 1.82) is 0 Å². The Morgan fingerprint density at radius 3 is 2.28 bits per heavy atom. The molecule has 0 aliphatic carbocycles. The van der Waals surface area contributed by atoms with Gasteiger partial charge in [-0.05, 0) is 18.1 Å². The van der Waals surface area contributed by atoms with Crippen molar-refractivity contribution in [2.75, 3.05) is 13.1 Å². The van der Waals surface area contributed by atoms with Gasteiger partial charge in [-0.25, -0.2) is 8.78 Å². The lowest BCUT2D eigenvalue weighted by Gasteiger charge is -2.49. The fourth-order valence-corrected chi connectivity index (χ4v) is 1.98. The Labute approximate surface area is 104 Å². The van der Waals surface area contributed by atoms with E-state index < -0.39 is 28.7 Å². The highest BCUT2D eigenvalue weighted by Crippen LogP contribution is 2.30. The Morgan fingerprint density at radius 1 is 1.33 bits per heavy atom. The summed E-state index contributed by atoms with van der Waals surface area (Å²) in [5, 5.41) is 10.0. The molecule has 1 aliphatic heterocycles. The molecule has 1 saturated heterocycles. The van der Waals surface area contributed by atoms with E-state index >= 15 is 0 Å². The summed E-state index contributed by atoms with van der Waals surface area (Å²) in [6, 6.07) is 3.30. The highest BCUT2D eigenvalue weighted by molar-refractivity contribution is 5.95. The zero-order chi connectivity index (χ0) is 13.5. The summed E-state index contributed by atoms with van der Waals surface area (Å²) in [5.41, 5.74) is -1.50. The van der Waals surface area contributed by atoms with Gasteiger partial charge in [-0.1, -0.05) is 19.9 Å². The molecule has 0 radical (unpaired) electrons. The van der Waals surface area contributed by atoms with Gasteiger partial charge in [0.05, 0.1) is 13.1 Å². The van der Waals surface area contributed by atoms with Crippen LogP contribution < -0.4 is 0 Å². The van der Waals surface area contributed by atoms with E-state index in [2.05, 4.69) is 0 Å².